The third kappa shape index (κ3) is 4.06. The maximum absolute atomic E-state index is 13.4. The molecule has 27 heavy (non-hydrogen) atoms. The smallest absolute Gasteiger partial charge is 0.262 e. The van der Waals surface area contributed by atoms with Crippen molar-refractivity contribution in [2.24, 2.45) is 5.92 Å². The summed E-state index contributed by atoms with van der Waals surface area (Å²) < 4.78 is 0. The molecule has 2 aromatic rings. The fraction of sp³-hybridized carbons (Fsp3) is 0.348. The number of benzene rings is 2. The van der Waals surface area contributed by atoms with Crippen LogP contribution in [0.2, 0.25) is 0 Å². The number of nitrogens with one attached hydrogen (secondary N) is 1. The number of hydrogen-bond acceptors (Lipinski definition) is 3. The van der Waals surface area contributed by atoms with Crippen molar-refractivity contribution in [1.29, 1.82) is 0 Å². The number of hydrogen-bond donors (Lipinski definition) is 1. The lowest BCUT2D eigenvalue weighted by atomic mass is 9.85. The van der Waals surface area contributed by atoms with Gasteiger partial charge in [0.05, 0.1) is 4.91 Å². The molecule has 1 N–H and O–H groups in total. The Balaban J connectivity index is 1.64. The number of carbonyl (C=O) groups is 1. The van der Waals surface area contributed by atoms with E-state index in [2.05, 4.69) is 29.3 Å². The molecule has 140 valence electrons. The van der Waals surface area contributed by atoms with E-state index in [1.807, 2.05) is 54.6 Å². The van der Waals surface area contributed by atoms with E-state index < -0.39 is 0 Å². The van der Waals surface area contributed by atoms with Crippen molar-refractivity contribution in [1.82, 2.24) is 4.90 Å². The van der Waals surface area contributed by atoms with Crippen molar-refractivity contribution in [3.8, 4) is 0 Å². The highest BCUT2D eigenvalue weighted by Crippen LogP contribution is 2.42. The SMILES string of the molecule is C[C@@H]1CCCC[C@H]1N1C(=O)/C(=C/c2ccccc2)SC1Nc1ccccc1. The number of para-hydroxylation sites is 1. The fourth-order valence-corrected chi connectivity index (χ4v) is 5.28. The summed E-state index contributed by atoms with van der Waals surface area (Å²) in [6.45, 7) is 2.29. The second-order valence-electron chi connectivity index (χ2n) is 7.44. The molecule has 1 saturated heterocycles. The van der Waals surface area contributed by atoms with Crippen molar-refractivity contribution >= 4 is 29.4 Å². The third-order valence-electron chi connectivity index (χ3n) is 5.52. The third-order valence-corrected chi connectivity index (χ3v) is 6.64. The minimum atomic E-state index is -0.0552. The Morgan fingerprint density at radius 3 is 2.37 bits per heavy atom. The number of thioether (sulfide) groups is 1. The van der Waals surface area contributed by atoms with E-state index in [4.69, 9.17) is 0 Å². The summed E-state index contributed by atoms with van der Waals surface area (Å²) in [4.78, 5) is 16.3. The molecule has 4 rings (SSSR count). The molecule has 1 heterocycles. The quantitative estimate of drug-likeness (QED) is 0.705. The van der Waals surface area contributed by atoms with Crippen molar-refractivity contribution in [3.05, 3.63) is 71.1 Å². The number of nitrogens with zero attached hydrogens (tertiary/aromatic N) is 1. The molecule has 2 fully saturated rings. The molecule has 1 amide bonds. The van der Waals surface area contributed by atoms with Gasteiger partial charge in [-0.2, -0.15) is 0 Å². The molecular formula is C23H26N2OS. The second kappa shape index (κ2) is 8.22. The van der Waals surface area contributed by atoms with Crippen LogP contribution in [0.1, 0.15) is 38.2 Å². The number of rotatable bonds is 4. The van der Waals surface area contributed by atoms with Crippen LogP contribution < -0.4 is 5.32 Å². The zero-order valence-electron chi connectivity index (χ0n) is 15.7. The number of amides is 1. The molecule has 0 spiro atoms. The summed E-state index contributed by atoms with van der Waals surface area (Å²) in [5.74, 6) is 0.704. The highest BCUT2D eigenvalue weighted by molar-refractivity contribution is 8.05. The van der Waals surface area contributed by atoms with Gasteiger partial charge in [-0.1, -0.05) is 80.1 Å². The molecule has 0 radical (unpaired) electrons. The predicted octanol–water partition coefficient (Wildman–Crippen LogP) is 5.58. The highest BCUT2D eigenvalue weighted by Gasteiger charge is 2.42. The van der Waals surface area contributed by atoms with Gasteiger partial charge in [0.2, 0.25) is 0 Å². The van der Waals surface area contributed by atoms with Crippen LogP contribution >= 0.6 is 11.8 Å². The van der Waals surface area contributed by atoms with Gasteiger partial charge in [0, 0.05) is 11.7 Å². The molecule has 4 heteroatoms. The normalized spacial score (nSPS) is 27.1. The first kappa shape index (κ1) is 18.2. The van der Waals surface area contributed by atoms with Crippen LogP contribution in [0, 0.1) is 5.92 Å². The molecule has 1 unspecified atom stereocenters. The van der Waals surface area contributed by atoms with Gasteiger partial charge in [-0.15, -0.1) is 0 Å². The lowest BCUT2D eigenvalue weighted by Gasteiger charge is -2.39. The van der Waals surface area contributed by atoms with Crippen LogP contribution in [-0.2, 0) is 4.79 Å². The summed E-state index contributed by atoms with van der Waals surface area (Å²) in [6, 6.07) is 20.6. The van der Waals surface area contributed by atoms with Crippen molar-refractivity contribution < 1.29 is 4.79 Å². The molecule has 1 saturated carbocycles. The van der Waals surface area contributed by atoms with Gasteiger partial charge in [0.15, 0.2) is 5.50 Å². The number of anilines is 1. The first-order valence-corrected chi connectivity index (χ1v) is 10.7. The van der Waals surface area contributed by atoms with Gasteiger partial charge in [-0.05, 0) is 42.5 Å². The second-order valence-corrected chi connectivity index (χ2v) is 8.56. The van der Waals surface area contributed by atoms with Crippen LogP contribution in [-0.4, -0.2) is 22.3 Å². The zero-order valence-corrected chi connectivity index (χ0v) is 16.5. The van der Waals surface area contributed by atoms with Gasteiger partial charge in [0.1, 0.15) is 0 Å². The lowest BCUT2D eigenvalue weighted by molar-refractivity contribution is -0.129. The molecule has 3 nitrogen and oxygen atoms in total. The van der Waals surface area contributed by atoms with Gasteiger partial charge >= 0.3 is 0 Å². The molecule has 0 aromatic heterocycles. The van der Waals surface area contributed by atoms with E-state index in [-0.39, 0.29) is 11.4 Å². The van der Waals surface area contributed by atoms with E-state index >= 15 is 0 Å². The average Bonchev–Trinajstić information content (AvgIpc) is 2.99. The van der Waals surface area contributed by atoms with Gasteiger partial charge in [-0.3, -0.25) is 4.79 Å². The van der Waals surface area contributed by atoms with E-state index in [0.717, 1.165) is 22.6 Å². The molecule has 2 aliphatic rings. The molecule has 0 bridgehead atoms. The van der Waals surface area contributed by atoms with E-state index in [1.54, 1.807) is 11.8 Å². The largest absolute Gasteiger partial charge is 0.356 e. The Hall–Kier alpha value is -2.20. The van der Waals surface area contributed by atoms with Gasteiger partial charge in [0.25, 0.3) is 5.91 Å². The van der Waals surface area contributed by atoms with Gasteiger partial charge in [-0.25, -0.2) is 0 Å². The van der Waals surface area contributed by atoms with Crippen molar-refractivity contribution in [2.45, 2.75) is 44.1 Å². The zero-order chi connectivity index (χ0) is 18.6. The minimum absolute atomic E-state index is 0.0552. The summed E-state index contributed by atoms with van der Waals surface area (Å²) in [5.41, 5.74) is 2.07. The van der Waals surface area contributed by atoms with Crippen LogP contribution in [0.5, 0.6) is 0 Å². The van der Waals surface area contributed by atoms with Crippen LogP contribution in [0.3, 0.4) is 0 Å². The van der Waals surface area contributed by atoms with Gasteiger partial charge < -0.3 is 10.2 Å². The van der Waals surface area contributed by atoms with Crippen LogP contribution in [0.25, 0.3) is 6.08 Å². The predicted molar refractivity (Wildman–Crippen MR) is 114 cm³/mol. The van der Waals surface area contributed by atoms with Crippen LogP contribution in [0.15, 0.2) is 65.6 Å². The first-order chi connectivity index (χ1) is 13.2. The molecule has 2 aromatic carbocycles. The summed E-state index contributed by atoms with van der Waals surface area (Å²) in [7, 11) is 0. The topological polar surface area (TPSA) is 32.3 Å². The first-order valence-electron chi connectivity index (χ1n) is 9.80. The van der Waals surface area contributed by atoms with Crippen molar-refractivity contribution in [2.75, 3.05) is 5.32 Å². The molecule has 1 aliphatic carbocycles. The Morgan fingerprint density at radius 2 is 1.67 bits per heavy atom. The summed E-state index contributed by atoms with van der Waals surface area (Å²) >= 11 is 1.64. The Morgan fingerprint density at radius 1 is 1.00 bits per heavy atom. The molecular weight excluding hydrogens is 352 g/mol. The lowest BCUT2D eigenvalue weighted by Crippen LogP contribution is -2.48. The van der Waals surface area contributed by atoms with Crippen molar-refractivity contribution in [3.63, 3.8) is 0 Å². The van der Waals surface area contributed by atoms with E-state index in [9.17, 15) is 4.79 Å². The maximum Gasteiger partial charge on any atom is 0.262 e. The minimum Gasteiger partial charge on any atom is -0.356 e. The maximum atomic E-state index is 13.4. The Labute approximate surface area is 165 Å². The highest BCUT2D eigenvalue weighted by atomic mass is 32.2. The Bertz CT molecular complexity index is 806. The van der Waals surface area contributed by atoms with E-state index in [0.29, 0.717) is 12.0 Å². The standard InChI is InChI=1S/C23H26N2OS/c1-17-10-8-9-15-20(17)25-22(26)21(16-18-11-4-2-5-12-18)27-23(25)24-19-13-6-3-7-14-19/h2-7,11-14,16-17,20,23-24H,8-10,15H2,1H3/b21-16-/t17-,20-,23?/m1/s1. The van der Waals surface area contributed by atoms with E-state index in [1.165, 1.54) is 19.3 Å². The Kier molecular flexibility index (Phi) is 5.53. The fourth-order valence-electron chi connectivity index (χ4n) is 4.07. The molecule has 1 aliphatic heterocycles. The average molecular weight is 379 g/mol. The summed E-state index contributed by atoms with van der Waals surface area (Å²) in [6.07, 6.45) is 6.81. The van der Waals surface area contributed by atoms with Crippen LogP contribution in [0.4, 0.5) is 5.69 Å². The molecule has 3 atom stereocenters. The summed E-state index contributed by atoms with van der Waals surface area (Å²) in [5, 5.41) is 3.58. The monoisotopic (exact) mass is 378 g/mol. The number of carbonyl (C=O) groups excluding carboxylic acids is 1.